The lowest BCUT2D eigenvalue weighted by Crippen LogP contribution is -2.50. The fourth-order valence-electron chi connectivity index (χ4n) is 3.29. The van der Waals surface area contributed by atoms with Gasteiger partial charge in [-0.2, -0.15) is 0 Å². The van der Waals surface area contributed by atoms with E-state index in [1.165, 1.54) is 0 Å². The Labute approximate surface area is 154 Å². The van der Waals surface area contributed by atoms with Crippen LogP contribution in [0.2, 0.25) is 0 Å². The van der Waals surface area contributed by atoms with Gasteiger partial charge in [0.2, 0.25) is 11.8 Å². The number of hydrogen-bond donors (Lipinski definition) is 3. The van der Waals surface area contributed by atoms with Crippen molar-refractivity contribution in [2.24, 2.45) is 10.4 Å². The first-order chi connectivity index (χ1) is 12.5. The van der Waals surface area contributed by atoms with Crippen LogP contribution in [0.4, 0.5) is 0 Å². The molecule has 0 atom stereocenters. The number of nitrogens with one attached hydrogen (secondary N) is 3. The molecule has 3 N–H and O–H groups in total. The fraction of sp³-hybridized carbons (Fsp3) is 0.611. The number of hydrogen-bond acceptors (Lipinski definition) is 4. The topological polar surface area (TPSA) is 99.0 Å². The number of amides is 2. The Morgan fingerprint density at radius 2 is 1.96 bits per heavy atom. The minimum atomic E-state index is -0.386. The second-order valence-corrected chi connectivity index (χ2v) is 6.82. The van der Waals surface area contributed by atoms with Gasteiger partial charge in [0.25, 0.3) is 0 Å². The van der Waals surface area contributed by atoms with Crippen molar-refractivity contribution in [1.29, 1.82) is 0 Å². The van der Waals surface area contributed by atoms with Crippen molar-refractivity contribution >= 4 is 17.8 Å². The van der Waals surface area contributed by atoms with E-state index >= 15 is 0 Å². The monoisotopic (exact) mass is 363 g/mol. The Bertz CT molecular complexity index is 619. The van der Waals surface area contributed by atoms with Crippen LogP contribution in [0.1, 0.15) is 31.4 Å². The first-order valence-corrected chi connectivity index (χ1v) is 8.92. The van der Waals surface area contributed by atoms with E-state index in [1.807, 2.05) is 0 Å². The first-order valence-electron chi connectivity index (χ1n) is 8.92. The van der Waals surface area contributed by atoms with E-state index in [-0.39, 0.29) is 23.8 Å². The molecule has 0 unspecified atom stereocenters. The van der Waals surface area contributed by atoms with Crippen molar-refractivity contribution in [3.63, 3.8) is 0 Å². The van der Waals surface area contributed by atoms with Gasteiger partial charge in [0, 0.05) is 27.7 Å². The van der Waals surface area contributed by atoms with Gasteiger partial charge < -0.3 is 25.3 Å². The molecule has 8 heteroatoms. The lowest BCUT2D eigenvalue weighted by Gasteiger charge is -2.31. The molecule has 1 saturated carbocycles. The molecule has 1 aliphatic carbocycles. The summed E-state index contributed by atoms with van der Waals surface area (Å²) < 4.78 is 5.17. The van der Waals surface area contributed by atoms with Gasteiger partial charge in [-0.3, -0.25) is 14.6 Å². The zero-order valence-corrected chi connectivity index (χ0v) is 15.8. The van der Waals surface area contributed by atoms with Gasteiger partial charge in [-0.1, -0.05) is 12.8 Å². The maximum absolute atomic E-state index is 12.6. The molecule has 0 bridgehead atoms. The number of furan rings is 1. The third-order valence-electron chi connectivity index (χ3n) is 4.69. The summed E-state index contributed by atoms with van der Waals surface area (Å²) in [5.74, 6) is 1.20. The predicted molar refractivity (Wildman–Crippen MR) is 99.5 cm³/mol. The van der Waals surface area contributed by atoms with E-state index in [4.69, 9.17) is 4.42 Å². The number of aliphatic imine (C=N–C) groups is 1. The molecule has 0 spiro atoms. The Morgan fingerprint density at radius 3 is 2.54 bits per heavy atom. The second-order valence-electron chi connectivity index (χ2n) is 6.82. The van der Waals surface area contributed by atoms with Gasteiger partial charge in [0.15, 0.2) is 5.96 Å². The van der Waals surface area contributed by atoms with Crippen molar-refractivity contribution in [2.45, 2.75) is 32.2 Å². The van der Waals surface area contributed by atoms with Gasteiger partial charge >= 0.3 is 0 Å². The lowest BCUT2D eigenvalue weighted by molar-refractivity contribution is -0.138. The SMILES string of the molecule is CN=C(NCC(=O)NCc1ccco1)NCC1(C(=O)N(C)C)CCCC1. The number of carbonyl (C=O) groups is 2. The minimum Gasteiger partial charge on any atom is -0.467 e. The van der Waals surface area contributed by atoms with Crippen molar-refractivity contribution in [3.8, 4) is 0 Å². The Morgan fingerprint density at radius 1 is 1.23 bits per heavy atom. The molecule has 1 aromatic heterocycles. The van der Waals surface area contributed by atoms with Crippen LogP contribution in [0.15, 0.2) is 27.8 Å². The lowest BCUT2D eigenvalue weighted by atomic mass is 9.84. The molecular formula is C18H29N5O3. The molecule has 1 aliphatic rings. The van der Waals surface area contributed by atoms with Crippen LogP contribution < -0.4 is 16.0 Å². The first kappa shape index (κ1) is 19.8. The number of guanidine groups is 1. The van der Waals surface area contributed by atoms with Gasteiger partial charge in [0.1, 0.15) is 5.76 Å². The van der Waals surface area contributed by atoms with Crippen LogP contribution in [0.3, 0.4) is 0 Å². The van der Waals surface area contributed by atoms with E-state index in [2.05, 4.69) is 20.9 Å². The van der Waals surface area contributed by atoms with E-state index in [1.54, 1.807) is 44.4 Å². The van der Waals surface area contributed by atoms with Gasteiger partial charge in [-0.05, 0) is 25.0 Å². The van der Waals surface area contributed by atoms with E-state index in [0.29, 0.717) is 24.8 Å². The quantitative estimate of drug-likeness (QED) is 0.489. The standard InChI is InChI=1S/C18H29N5O3/c1-19-17(21-12-15(24)20-11-14-7-6-10-26-14)22-13-18(8-4-5-9-18)16(25)23(2)3/h6-7,10H,4-5,8-9,11-13H2,1-3H3,(H,20,24)(H2,19,21,22). The molecule has 1 heterocycles. The summed E-state index contributed by atoms with van der Waals surface area (Å²) in [7, 11) is 5.23. The summed E-state index contributed by atoms with van der Waals surface area (Å²) >= 11 is 0. The molecule has 2 rings (SSSR count). The summed E-state index contributed by atoms with van der Waals surface area (Å²) in [6, 6.07) is 3.58. The highest BCUT2D eigenvalue weighted by Crippen LogP contribution is 2.38. The number of carbonyl (C=O) groups excluding carboxylic acids is 2. The van der Waals surface area contributed by atoms with Gasteiger partial charge in [-0.15, -0.1) is 0 Å². The Hall–Kier alpha value is -2.51. The van der Waals surface area contributed by atoms with E-state index in [9.17, 15) is 9.59 Å². The van der Waals surface area contributed by atoms with Crippen molar-refractivity contribution < 1.29 is 14.0 Å². The number of nitrogens with zero attached hydrogens (tertiary/aromatic N) is 2. The maximum atomic E-state index is 12.6. The van der Waals surface area contributed by atoms with Gasteiger partial charge in [0.05, 0.1) is 24.8 Å². The number of rotatable bonds is 7. The van der Waals surface area contributed by atoms with Crippen LogP contribution in [-0.4, -0.2) is 56.9 Å². The third-order valence-corrected chi connectivity index (χ3v) is 4.69. The molecule has 1 aromatic rings. The summed E-state index contributed by atoms with van der Waals surface area (Å²) in [5, 5.41) is 8.95. The molecule has 0 saturated heterocycles. The van der Waals surface area contributed by atoms with Crippen LogP contribution in [0.5, 0.6) is 0 Å². The zero-order valence-electron chi connectivity index (χ0n) is 15.8. The van der Waals surface area contributed by atoms with Crippen molar-refractivity contribution in [1.82, 2.24) is 20.9 Å². The van der Waals surface area contributed by atoms with Gasteiger partial charge in [-0.25, -0.2) is 0 Å². The average Bonchev–Trinajstić information content (AvgIpc) is 3.31. The fourth-order valence-corrected chi connectivity index (χ4v) is 3.29. The van der Waals surface area contributed by atoms with Crippen molar-refractivity contribution in [2.75, 3.05) is 34.2 Å². The van der Waals surface area contributed by atoms with E-state index in [0.717, 1.165) is 25.7 Å². The highest BCUT2D eigenvalue weighted by atomic mass is 16.3. The average molecular weight is 363 g/mol. The summed E-state index contributed by atoms with van der Waals surface area (Å²) in [4.78, 5) is 30.3. The molecule has 144 valence electrons. The van der Waals surface area contributed by atoms with Crippen LogP contribution in [0.25, 0.3) is 0 Å². The molecule has 0 aromatic carbocycles. The summed E-state index contributed by atoms with van der Waals surface area (Å²) in [5.41, 5.74) is -0.386. The van der Waals surface area contributed by atoms with E-state index < -0.39 is 0 Å². The maximum Gasteiger partial charge on any atom is 0.239 e. The molecule has 2 amide bonds. The zero-order chi connectivity index (χ0) is 19.0. The van der Waals surface area contributed by atoms with Crippen LogP contribution in [0, 0.1) is 5.41 Å². The summed E-state index contributed by atoms with van der Waals surface area (Å²) in [6.07, 6.45) is 5.43. The molecule has 0 aliphatic heterocycles. The molecule has 26 heavy (non-hydrogen) atoms. The second kappa shape index (κ2) is 9.26. The van der Waals surface area contributed by atoms with Crippen LogP contribution >= 0.6 is 0 Å². The molecule has 8 nitrogen and oxygen atoms in total. The smallest absolute Gasteiger partial charge is 0.239 e. The molecule has 0 radical (unpaired) electrons. The molecule has 1 fully saturated rings. The largest absolute Gasteiger partial charge is 0.467 e. The minimum absolute atomic E-state index is 0.0923. The molecular weight excluding hydrogens is 334 g/mol. The summed E-state index contributed by atoms with van der Waals surface area (Å²) in [6.45, 7) is 0.951. The third kappa shape index (κ3) is 5.24. The van der Waals surface area contributed by atoms with Crippen molar-refractivity contribution in [3.05, 3.63) is 24.2 Å². The Kier molecular flexibility index (Phi) is 7.06. The van der Waals surface area contributed by atoms with Crippen LogP contribution in [-0.2, 0) is 16.1 Å². The Balaban J connectivity index is 1.79. The highest BCUT2D eigenvalue weighted by Gasteiger charge is 2.42. The normalized spacial score (nSPS) is 16.2. The highest BCUT2D eigenvalue weighted by molar-refractivity contribution is 5.87. The predicted octanol–water partition coefficient (Wildman–Crippen LogP) is 0.709.